The van der Waals surface area contributed by atoms with E-state index in [1.54, 1.807) is 13.2 Å². The first-order valence-electron chi connectivity index (χ1n) is 9.52. The number of halogens is 1. The van der Waals surface area contributed by atoms with Gasteiger partial charge in [-0.05, 0) is 49.6 Å². The number of nitrogens with zero attached hydrogens (tertiary/aromatic N) is 1. The van der Waals surface area contributed by atoms with Crippen LogP contribution in [0.2, 0.25) is 0 Å². The molecule has 1 unspecified atom stereocenters. The van der Waals surface area contributed by atoms with Gasteiger partial charge in [0.15, 0.2) is 0 Å². The quantitative estimate of drug-likeness (QED) is 0.812. The number of likely N-dealkylation sites (tertiary alicyclic amines) is 1. The summed E-state index contributed by atoms with van der Waals surface area (Å²) in [7, 11) is 1.65. The lowest BCUT2D eigenvalue weighted by Gasteiger charge is -2.32. The van der Waals surface area contributed by atoms with E-state index in [0.29, 0.717) is 25.2 Å². The van der Waals surface area contributed by atoms with Crippen molar-refractivity contribution in [3.63, 3.8) is 0 Å². The lowest BCUT2D eigenvalue weighted by Crippen LogP contribution is -2.43. The van der Waals surface area contributed by atoms with Crippen molar-refractivity contribution in [2.24, 2.45) is 5.92 Å². The second kappa shape index (κ2) is 9.51. The predicted molar refractivity (Wildman–Crippen MR) is 104 cm³/mol. The highest BCUT2D eigenvalue weighted by atomic mass is 19.1. The summed E-state index contributed by atoms with van der Waals surface area (Å²) in [6.07, 6.45) is 2.65. The van der Waals surface area contributed by atoms with E-state index in [2.05, 4.69) is 10.2 Å². The van der Waals surface area contributed by atoms with Crippen LogP contribution in [0.15, 0.2) is 48.5 Å². The van der Waals surface area contributed by atoms with Crippen LogP contribution < -0.4 is 10.1 Å². The highest BCUT2D eigenvalue weighted by Crippen LogP contribution is 2.20. The van der Waals surface area contributed by atoms with Gasteiger partial charge >= 0.3 is 0 Å². The lowest BCUT2D eigenvalue weighted by atomic mass is 9.96. The summed E-state index contributed by atoms with van der Waals surface area (Å²) >= 11 is 0. The van der Waals surface area contributed by atoms with Gasteiger partial charge in [0, 0.05) is 25.2 Å². The molecule has 3 rings (SSSR count). The Hall–Kier alpha value is -2.40. The molecular weight excluding hydrogens is 343 g/mol. The number of benzene rings is 2. The summed E-state index contributed by atoms with van der Waals surface area (Å²) in [5.41, 5.74) is 1.86. The minimum Gasteiger partial charge on any atom is -0.497 e. The summed E-state index contributed by atoms with van der Waals surface area (Å²) in [6.45, 7) is 2.77. The third-order valence-electron chi connectivity index (χ3n) is 5.10. The van der Waals surface area contributed by atoms with Gasteiger partial charge in [0.2, 0.25) is 5.91 Å². The molecule has 0 aromatic heterocycles. The third kappa shape index (κ3) is 5.54. The minimum absolute atomic E-state index is 0.0265. The number of nitrogens with one attached hydrogen (secondary N) is 1. The molecule has 1 saturated heterocycles. The number of ether oxygens (including phenoxy) is 1. The largest absolute Gasteiger partial charge is 0.497 e. The second-order valence-electron chi connectivity index (χ2n) is 7.05. The fourth-order valence-corrected chi connectivity index (χ4v) is 3.55. The van der Waals surface area contributed by atoms with Crippen LogP contribution in [-0.4, -0.2) is 37.6 Å². The predicted octanol–water partition coefficient (Wildman–Crippen LogP) is 3.41. The zero-order valence-corrected chi connectivity index (χ0v) is 15.8. The highest BCUT2D eigenvalue weighted by Gasteiger charge is 2.25. The van der Waals surface area contributed by atoms with Crippen molar-refractivity contribution in [1.29, 1.82) is 0 Å². The van der Waals surface area contributed by atoms with Gasteiger partial charge in [0.25, 0.3) is 0 Å². The number of piperidine rings is 1. The molecule has 2 aromatic rings. The zero-order chi connectivity index (χ0) is 19.1. The Morgan fingerprint density at radius 1 is 1.22 bits per heavy atom. The molecule has 2 aromatic carbocycles. The number of rotatable bonds is 7. The molecule has 1 amide bonds. The third-order valence-corrected chi connectivity index (χ3v) is 5.10. The minimum atomic E-state index is -0.177. The van der Waals surface area contributed by atoms with Gasteiger partial charge in [-0.15, -0.1) is 0 Å². The highest BCUT2D eigenvalue weighted by molar-refractivity contribution is 5.79. The summed E-state index contributed by atoms with van der Waals surface area (Å²) in [5, 5.41) is 3.05. The average molecular weight is 370 g/mol. The smallest absolute Gasteiger partial charge is 0.224 e. The molecule has 0 radical (unpaired) electrons. The van der Waals surface area contributed by atoms with Gasteiger partial charge < -0.3 is 10.1 Å². The van der Waals surface area contributed by atoms with Crippen molar-refractivity contribution in [2.75, 3.05) is 26.7 Å². The summed E-state index contributed by atoms with van der Waals surface area (Å²) < 4.78 is 19.0. The van der Waals surface area contributed by atoms with E-state index in [1.807, 2.05) is 36.4 Å². The van der Waals surface area contributed by atoms with Crippen LogP contribution in [0.5, 0.6) is 5.75 Å². The first-order chi connectivity index (χ1) is 13.2. The van der Waals surface area contributed by atoms with E-state index in [0.717, 1.165) is 31.6 Å². The Morgan fingerprint density at radius 3 is 2.74 bits per heavy atom. The van der Waals surface area contributed by atoms with Gasteiger partial charge in [-0.3, -0.25) is 9.69 Å². The zero-order valence-electron chi connectivity index (χ0n) is 15.8. The lowest BCUT2D eigenvalue weighted by molar-refractivity contribution is -0.126. The number of hydrogen-bond acceptors (Lipinski definition) is 3. The number of carbonyl (C=O) groups excluding carboxylic acids is 1. The average Bonchev–Trinajstić information content (AvgIpc) is 2.70. The molecule has 5 heteroatoms. The van der Waals surface area contributed by atoms with E-state index >= 15 is 0 Å². The molecule has 1 heterocycles. The molecule has 144 valence electrons. The van der Waals surface area contributed by atoms with Crippen molar-refractivity contribution in [2.45, 2.75) is 25.8 Å². The fourth-order valence-electron chi connectivity index (χ4n) is 3.55. The van der Waals surface area contributed by atoms with Crippen LogP contribution in [-0.2, 0) is 17.8 Å². The van der Waals surface area contributed by atoms with E-state index in [9.17, 15) is 9.18 Å². The molecule has 0 bridgehead atoms. The van der Waals surface area contributed by atoms with Crippen LogP contribution >= 0.6 is 0 Å². The summed E-state index contributed by atoms with van der Waals surface area (Å²) in [4.78, 5) is 14.7. The molecule has 1 fully saturated rings. The standard InChI is InChI=1S/C22H27FN2O2/c1-27-20-10-8-17(9-11-20)12-13-24-22(26)19-6-4-14-25(16-19)15-18-5-2-3-7-21(18)23/h2-3,5,7-11,19H,4,6,12-16H2,1H3,(H,24,26). The first kappa shape index (κ1) is 19.4. The van der Waals surface area contributed by atoms with Crippen LogP contribution in [0.25, 0.3) is 0 Å². The van der Waals surface area contributed by atoms with Crippen LogP contribution in [0, 0.1) is 11.7 Å². The molecule has 1 atom stereocenters. The van der Waals surface area contributed by atoms with Crippen molar-refractivity contribution in [3.05, 3.63) is 65.5 Å². The SMILES string of the molecule is COc1ccc(CCNC(=O)C2CCCN(Cc3ccccc3F)C2)cc1. The maximum Gasteiger partial charge on any atom is 0.224 e. The van der Waals surface area contributed by atoms with E-state index in [-0.39, 0.29) is 17.6 Å². The van der Waals surface area contributed by atoms with Crippen molar-refractivity contribution < 1.29 is 13.9 Å². The summed E-state index contributed by atoms with van der Waals surface area (Å²) in [6, 6.07) is 14.7. The monoisotopic (exact) mass is 370 g/mol. The van der Waals surface area contributed by atoms with Gasteiger partial charge in [-0.1, -0.05) is 30.3 Å². The molecule has 0 saturated carbocycles. The molecule has 1 aliphatic heterocycles. The van der Waals surface area contributed by atoms with E-state index < -0.39 is 0 Å². The second-order valence-corrected chi connectivity index (χ2v) is 7.05. The van der Waals surface area contributed by atoms with Crippen molar-refractivity contribution in [1.82, 2.24) is 10.2 Å². The molecule has 0 aliphatic carbocycles. The van der Waals surface area contributed by atoms with Crippen LogP contribution in [0.4, 0.5) is 4.39 Å². The number of carbonyl (C=O) groups is 1. The first-order valence-corrected chi connectivity index (χ1v) is 9.52. The Kier molecular flexibility index (Phi) is 6.82. The van der Waals surface area contributed by atoms with Gasteiger partial charge in [-0.2, -0.15) is 0 Å². The molecule has 1 N–H and O–H groups in total. The molecule has 4 nitrogen and oxygen atoms in total. The molecule has 1 aliphatic rings. The number of methoxy groups -OCH3 is 1. The van der Waals surface area contributed by atoms with E-state index in [1.165, 1.54) is 11.6 Å². The topological polar surface area (TPSA) is 41.6 Å². The number of hydrogen-bond donors (Lipinski definition) is 1. The van der Waals surface area contributed by atoms with Crippen LogP contribution in [0.1, 0.15) is 24.0 Å². The number of amides is 1. The molecule has 27 heavy (non-hydrogen) atoms. The fraction of sp³-hybridized carbons (Fsp3) is 0.409. The van der Waals surface area contributed by atoms with Gasteiger partial charge in [0.05, 0.1) is 13.0 Å². The van der Waals surface area contributed by atoms with Crippen molar-refractivity contribution >= 4 is 5.91 Å². The van der Waals surface area contributed by atoms with E-state index in [4.69, 9.17) is 4.74 Å². The van der Waals surface area contributed by atoms with Gasteiger partial charge in [-0.25, -0.2) is 4.39 Å². The summed E-state index contributed by atoms with van der Waals surface area (Å²) in [5.74, 6) is 0.728. The molecule has 0 spiro atoms. The Bertz CT molecular complexity index is 748. The normalized spacial score (nSPS) is 17.5. The van der Waals surface area contributed by atoms with Crippen LogP contribution in [0.3, 0.4) is 0 Å². The Labute approximate surface area is 160 Å². The maximum absolute atomic E-state index is 13.9. The Morgan fingerprint density at radius 2 is 2.00 bits per heavy atom. The maximum atomic E-state index is 13.9. The Balaban J connectivity index is 1.45. The van der Waals surface area contributed by atoms with Gasteiger partial charge in [0.1, 0.15) is 11.6 Å². The molecular formula is C22H27FN2O2. The van der Waals surface area contributed by atoms with Crippen molar-refractivity contribution in [3.8, 4) is 5.75 Å².